The molecule has 1 N–H and O–H groups in total. The quantitative estimate of drug-likeness (QED) is 0.865. The zero-order valence-electron chi connectivity index (χ0n) is 14.2. The number of hydrogen-bond acceptors (Lipinski definition) is 2. The number of allylic oxidation sites excluding steroid dienone is 1. The van der Waals surface area contributed by atoms with Crippen molar-refractivity contribution in [1.29, 1.82) is 0 Å². The predicted molar refractivity (Wildman–Crippen MR) is 87.7 cm³/mol. The third kappa shape index (κ3) is 2.28. The molecule has 2 amide bonds. The molecule has 1 aliphatic carbocycles. The zero-order chi connectivity index (χ0) is 16.9. The van der Waals surface area contributed by atoms with Crippen LogP contribution in [0.3, 0.4) is 0 Å². The van der Waals surface area contributed by atoms with Gasteiger partial charge in [-0.25, -0.2) is 0 Å². The highest BCUT2D eigenvalue weighted by Gasteiger charge is 2.50. The second kappa shape index (κ2) is 5.22. The van der Waals surface area contributed by atoms with E-state index in [-0.39, 0.29) is 17.7 Å². The van der Waals surface area contributed by atoms with Crippen LogP contribution in [-0.2, 0) is 16.0 Å². The van der Waals surface area contributed by atoms with Gasteiger partial charge in [0, 0.05) is 25.2 Å². The Morgan fingerprint density at radius 1 is 1.48 bits per heavy atom. The van der Waals surface area contributed by atoms with E-state index in [0.29, 0.717) is 32.0 Å². The third-order valence-electron chi connectivity index (χ3n) is 5.55. The number of hydrogen-bond donors (Lipinski definition) is 1. The van der Waals surface area contributed by atoms with Gasteiger partial charge in [-0.05, 0) is 36.8 Å². The van der Waals surface area contributed by atoms with Crippen LogP contribution in [-0.4, -0.2) is 29.8 Å². The molecule has 3 aliphatic rings. The standard InChI is InChI=1S/C19H22N2O2/c1-13-11-19(18(23)20-13)9-10-21(12-19)17(22)16-8-4-6-14-5-2-3-7-15(14)16/h2-3,5,7,16H,1,4,6,8-12H2,(H,20,23)/i7T. The first-order valence-corrected chi connectivity index (χ1v) is 8.37. The fourth-order valence-corrected chi connectivity index (χ4v) is 4.35. The molecule has 2 unspecified atom stereocenters. The van der Waals surface area contributed by atoms with Crippen LogP contribution >= 0.6 is 0 Å². The van der Waals surface area contributed by atoms with E-state index in [1.807, 2.05) is 17.0 Å². The molecule has 23 heavy (non-hydrogen) atoms. The van der Waals surface area contributed by atoms with Gasteiger partial charge in [0.1, 0.15) is 0 Å². The molecule has 1 spiro atoms. The maximum Gasteiger partial charge on any atom is 0.232 e. The van der Waals surface area contributed by atoms with E-state index >= 15 is 0 Å². The molecule has 2 atom stereocenters. The largest absolute Gasteiger partial charge is 0.341 e. The monoisotopic (exact) mass is 312 g/mol. The molecule has 4 nitrogen and oxygen atoms in total. The first kappa shape index (κ1) is 13.3. The highest BCUT2D eigenvalue weighted by molar-refractivity contribution is 5.90. The summed E-state index contributed by atoms with van der Waals surface area (Å²) in [5, 5.41) is 2.81. The van der Waals surface area contributed by atoms with Crippen LogP contribution < -0.4 is 5.32 Å². The molecule has 0 aromatic heterocycles. The van der Waals surface area contributed by atoms with Crippen LogP contribution in [0, 0.1) is 5.41 Å². The average Bonchev–Trinajstić information content (AvgIpc) is 3.10. The van der Waals surface area contributed by atoms with Crippen LogP contribution in [0.5, 0.6) is 0 Å². The first-order chi connectivity index (χ1) is 11.5. The molecule has 120 valence electrons. The molecule has 1 aromatic rings. The van der Waals surface area contributed by atoms with Crippen molar-refractivity contribution >= 4 is 11.8 Å². The van der Waals surface area contributed by atoms with E-state index in [4.69, 9.17) is 1.37 Å². The lowest BCUT2D eigenvalue weighted by molar-refractivity contribution is -0.133. The average molecular weight is 312 g/mol. The van der Waals surface area contributed by atoms with Crippen molar-refractivity contribution in [3.05, 3.63) is 47.6 Å². The summed E-state index contributed by atoms with van der Waals surface area (Å²) in [6, 6.07) is 6.16. The van der Waals surface area contributed by atoms with E-state index in [1.54, 1.807) is 6.07 Å². The zero-order valence-corrected chi connectivity index (χ0v) is 13.2. The Balaban J connectivity index is 1.59. The molecule has 2 saturated heterocycles. The predicted octanol–water partition coefficient (Wildman–Crippen LogP) is 2.36. The number of carbonyl (C=O) groups excluding carboxylic acids is 2. The molecule has 4 heteroatoms. The van der Waals surface area contributed by atoms with E-state index in [2.05, 4.69) is 11.9 Å². The van der Waals surface area contributed by atoms with Crippen molar-refractivity contribution in [3.8, 4) is 0 Å². The molecule has 4 rings (SSSR count). The van der Waals surface area contributed by atoms with Gasteiger partial charge in [-0.3, -0.25) is 9.59 Å². The first-order valence-electron chi connectivity index (χ1n) is 8.87. The summed E-state index contributed by atoms with van der Waals surface area (Å²) < 4.78 is 8.22. The van der Waals surface area contributed by atoms with E-state index < -0.39 is 5.41 Å². The second-order valence-corrected chi connectivity index (χ2v) is 7.08. The minimum atomic E-state index is -0.481. The maximum absolute atomic E-state index is 13.1. The van der Waals surface area contributed by atoms with Crippen LogP contribution in [0.4, 0.5) is 0 Å². The second-order valence-electron chi connectivity index (χ2n) is 7.08. The number of fused-ring (bicyclic) bond motifs is 1. The van der Waals surface area contributed by atoms with Crippen LogP contribution in [0.1, 0.15) is 44.1 Å². The molecule has 0 radical (unpaired) electrons. The van der Waals surface area contributed by atoms with Gasteiger partial charge in [0.25, 0.3) is 0 Å². The number of rotatable bonds is 1. The van der Waals surface area contributed by atoms with Gasteiger partial charge in [-0.15, -0.1) is 0 Å². The fourth-order valence-electron chi connectivity index (χ4n) is 4.35. The van der Waals surface area contributed by atoms with E-state index in [0.717, 1.165) is 36.1 Å². The fraction of sp³-hybridized carbons (Fsp3) is 0.474. The van der Waals surface area contributed by atoms with Gasteiger partial charge in [0.15, 0.2) is 0 Å². The van der Waals surface area contributed by atoms with Crippen molar-refractivity contribution in [2.45, 2.75) is 38.0 Å². The van der Waals surface area contributed by atoms with Gasteiger partial charge in [-0.2, -0.15) is 0 Å². The molecule has 1 aromatic carbocycles. The van der Waals surface area contributed by atoms with Crippen molar-refractivity contribution < 1.29 is 11.0 Å². The number of benzene rings is 1. The van der Waals surface area contributed by atoms with Crippen molar-refractivity contribution in [2.24, 2.45) is 5.41 Å². The van der Waals surface area contributed by atoms with Gasteiger partial charge in [0.2, 0.25) is 11.8 Å². The summed E-state index contributed by atoms with van der Waals surface area (Å²) in [6.07, 6.45) is 4.04. The summed E-state index contributed by atoms with van der Waals surface area (Å²) in [5.74, 6) is -0.142. The molecule has 0 saturated carbocycles. The molecule has 0 bridgehead atoms. The smallest absolute Gasteiger partial charge is 0.232 e. The SMILES string of the molecule is [3H]c1cccc2c1C(C(=O)N1CCC3(CC(=C)NC3=O)C1)CCC2. The molecule has 2 aliphatic heterocycles. The summed E-state index contributed by atoms with van der Waals surface area (Å²) in [5.41, 5.74) is 2.30. The maximum atomic E-state index is 13.1. The normalized spacial score (nSPS) is 30.3. The number of carbonyl (C=O) groups is 2. The Labute approximate surface area is 138 Å². The number of nitrogens with zero attached hydrogens (tertiary/aromatic N) is 1. The lowest BCUT2D eigenvalue weighted by atomic mass is 9.82. The highest BCUT2D eigenvalue weighted by atomic mass is 16.2. The topological polar surface area (TPSA) is 49.4 Å². The summed E-state index contributed by atoms with van der Waals surface area (Å²) >= 11 is 0. The van der Waals surface area contributed by atoms with Crippen molar-refractivity contribution in [1.82, 2.24) is 10.2 Å². The lowest BCUT2D eigenvalue weighted by Crippen LogP contribution is -2.39. The number of likely N-dealkylation sites (tertiary alicyclic amines) is 1. The van der Waals surface area contributed by atoms with Crippen molar-refractivity contribution in [3.63, 3.8) is 0 Å². The number of amides is 2. The lowest BCUT2D eigenvalue weighted by Gasteiger charge is -2.29. The Hall–Kier alpha value is -2.10. The number of nitrogens with one attached hydrogen (secondary N) is 1. The molecule has 2 heterocycles. The minimum absolute atomic E-state index is 0.00743. The Morgan fingerprint density at radius 2 is 2.35 bits per heavy atom. The van der Waals surface area contributed by atoms with Gasteiger partial charge < -0.3 is 10.2 Å². The van der Waals surface area contributed by atoms with Crippen LogP contribution in [0.25, 0.3) is 0 Å². The number of aryl methyl sites for hydroxylation is 1. The summed E-state index contributed by atoms with van der Waals surface area (Å²) in [6.45, 7) is 4.96. The van der Waals surface area contributed by atoms with Crippen molar-refractivity contribution in [2.75, 3.05) is 13.1 Å². The Kier molecular flexibility index (Phi) is 3.03. The van der Waals surface area contributed by atoms with Crippen LogP contribution in [0.2, 0.25) is 0 Å². The Morgan fingerprint density at radius 3 is 3.13 bits per heavy atom. The molecular formula is C19H22N2O2. The molecule has 2 fully saturated rings. The highest BCUT2D eigenvalue weighted by Crippen LogP contribution is 2.42. The summed E-state index contributed by atoms with van der Waals surface area (Å²) in [7, 11) is 0. The third-order valence-corrected chi connectivity index (χ3v) is 5.55. The minimum Gasteiger partial charge on any atom is -0.341 e. The van der Waals surface area contributed by atoms with Gasteiger partial charge >= 0.3 is 0 Å². The molecular weight excluding hydrogens is 288 g/mol. The van der Waals surface area contributed by atoms with Gasteiger partial charge in [-0.1, -0.05) is 30.8 Å². The van der Waals surface area contributed by atoms with E-state index in [1.165, 1.54) is 0 Å². The van der Waals surface area contributed by atoms with Gasteiger partial charge in [0.05, 0.1) is 12.7 Å². The summed E-state index contributed by atoms with van der Waals surface area (Å²) in [4.78, 5) is 27.2. The Bertz CT molecular complexity index is 745. The van der Waals surface area contributed by atoms with E-state index in [9.17, 15) is 9.59 Å². The van der Waals surface area contributed by atoms with Crippen LogP contribution in [0.15, 0.2) is 36.5 Å².